The summed E-state index contributed by atoms with van der Waals surface area (Å²) in [5.74, 6) is -4.13. The van der Waals surface area contributed by atoms with Crippen molar-refractivity contribution in [2.75, 3.05) is 37.8 Å². The van der Waals surface area contributed by atoms with E-state index in [0.29, 0.717) is 25.3 Å². The molecule has 2 saturated heterocycles. The second-order valence-electron chi connectivity index (χ2n) is 11.5. The van der Waals surface area contributed by atoms with Gasteiger partial charge in [-0.05, 0) is 41.0 Å². The average molecular weight is 592 g/mol. The summed E-state index contributed by atoms with van der Waals surface area (Å²) in [6, 6.07) is 9.65. The lowest BCUT2D eigenvalue weighted by Crippen LogP contribution is -2.49. The molecule has 2 fully saturated rings. The first-order chi connectivity index (χ1) is 19.9. The second kappa shape index (κ2) is 10.4. The Hall–Kier alpha value is -3.42. The largest absolute Gasteiger partial charge is 0.416 e. The number of benzene rings is 2. The lowest BCUT2D eigenvalue weighted by atomic mass is 9.75. The lowest BCUT2D eigenvalue weighted by molar-refractivity contribution is -0.138. The fourth-order valence-corrected chi connectivity index (χ4v) is 6.15. The SMILES string of the molecule is Cn1cnnc1CC1(c2cccc(N3Cc4c(cc(CN5CCC(F)(F)C(CO)C5)cc4C(F)(F)F)C3=O)c2)COC1. The van der Waals surface area contributed by atoms with Crippen LogP contribution in [-0.2, 0) is 42.9 Å². The van der Waals surface area contributed by atoms with Crippen molar-refractivity contribution in [3.05, 3.63) is 76.4 Å². The van der Waals surface area contributed by atoms with Gasteiger partial charge in [0.05, 0.1) is 37.8 Å². The van der Waals surface area contributed by atoms with E-state index >= 15 is 0 Å². The Morgan fingerprint density at radius 3 is 2.60 bits per heavy atom. The van der Waals surface area contributed by atoms with Gasteiger partial charge in [-0.2, -0.15) is 13.2 Å². The number of fused-ring (bicyclic) bond motifs is 1. The van der Waals surface area contributed by atoms with Crippen LogP contribution in [0, 0.1) is 5.92 Å². The molecule has 3 aliphatic rings. The highest BCUT2D eigenvalue weighted by molar-refractivity contribution is 6.10. The molecule has 3 aliphatic heterocycles. The molecule has 1 amide bonds. The molecule has 42 heavy (non-hydrogen) atoms. The molecule has 6 rings (SSSR count). The number of likely N-dealkylation sites (tertiary alicyclic amines) is 1. The smallest absolute Gasteiger partial charge is 0.396 e. The number of aromatic nitrogens is 3. The number of carbonyl (C=O) groups excluding carboxylic acids is 1. The number of aliphatic hydroxyl groups is 1. The van der Waals surface area contributed by atoms with Crippen LogP contribution in [0.1, 0.15) is 44.9 Å². The van der Waals surface area contributed by atoms with Crippen LogP contribution in [0.4, 0.5) is 27.6 Å². The average Bonchev–Trinajstić information content (AvgIpc) is 3.48. The maximum atomic E-state index is 14.3. The van der Waals surface area contributed by atoms with Gasteiger partial charge in [0.1, 0.15) is 12.2 Å². The highest BCUT2D eigenvalue weighted by atomic mass is 19.4. The minimum atomic E-state index is -4.72. The quantitative estimate of drug-likeness (QED) is 0.419. The number of carbonyl (C=O) groups is 1. The van der Waals surface area contributed by atoms with Crippen LogP contribution in [0.15, 0.2) is 42.7 Å². The molecule has 0 aliphatic carbocycles. The predicted molar refractivity (Wildman–Crippen MR) is 141 cm³/mol. The molecular weight excluding hydrogens is 561 g/mol. The van der Waals surface area contributed by atoms with Gasteiger partial charge in [-0.1, -0.05) is 12.1 Å². The number of ether oxygens (including phenoxy) is 1. The highest BCUT2D eigenvalue weighted by Gasteiger charge is 2.45. The van der Waals surface area contributed by atoms with Crippen molar-refractivity contribution in [3.8, 4) is 0 Å². The van der Waals surface area contributed by atoms with E-state index < -0.39 is 47.9 Å². The van der Waals surface area contributed by atoms with Crippen molar-refractivity contribution in [2.45, 2.75) is 43.4 Å². The van der Waals surface area contributed by atoms with Gasteiger partial charge in [0.15, 0.2) is 0 Å². The zero-order chi connectivity index (χ0) is 29.9. The van der Waals surface area contributed by atoms with Crippen molar-refractivity contribution in [3.63, 3.8) is 0 Å². The van der Waals surface area contributed by atoms with Gasteiger partial charge < -0.3 is 19.3 Å². The molecule has 0 spiro atoms. The van der Waals surface area contributed by atoms with E-state index in [1.54, 1.807) is 23.4 Å². The number of piperidine rings is 1. The summed E-state index contributed by atoms with van der Waals surface area (Å²) in [7, 11) is 1.84. The molecule has 2 aromatic carbocycles. The number of hydrogen-bond donors (Lipinski definition) is 1. The Bertz CT molecular complexity index is 1500. The highest BCUT2D eigenvalue weighted by Crippen LogP contribution is 2.42. The van der Waals surface area contributed by atoms with Gasteiger partial charge in [0, 0.05) is 56.2 Å². The molecule has 4 heterocycles. The van der Waals surface area contributed by atoms with Crippen LogP contribution in [-0.4, -0.2) is 69.5 Å². The third kappa shape index (κ3) is 5.07. The lowest BCUT2D eigenvalue weighted by Gasteiger charge is -2.42. The molecule has 3 aromatic rings. The molecule has 224 valence electrons. The Morgan fingerprint density at radius 2 is 1.95 bits per heavy atom. The number of hydrogen-bond acceptors (Lipinski definition) is 6. The van der Waals surface area contributed by atoms with Crippen molar-refractivity contribution in [2.24, 2.45) is 13.0 Å². The Labute approximate surface area is 238 Å². The Kier molecular flexibility index (Phi) is 7.09. The first-order valence-electron chi connectivity index (χ1n) is 13.7. The molecular formula is C29H30F5N5O3. The number of amides is 1. The van der Waals surface area contributed by atoms with Crippen molar-refractivity contribution < 1.29 is 36.6 Å². The maximum absolute atomic E-state index is 14.3. The molecule has 13 heteroatoms. The van der Waals surface area contributed by atoms with Gasteiger partial charge in [0.2, 0.25) is 0 Å². The van der Waals surface area contributed by atoms with Crippen LogP contribution in [0.3, 0.4) is 0 Å². The number of alkyl halides is 5. The van der Waals surface area contributed by atoms with Crippen molar-refractivity contribution in [1.29, 1.82) is 0 Å². The molecule has 8 nitrogen and oxygen atoms in total. The molecule has 1 atom stereocenters. The van der Waals surface area contributed by atoms with E-state index in [0.717, 1.165) is 17.5 Å². The van der Waals surface area contributed by atoms with Crippen LogP contribution >= 0.6 is 0 Å². The third-order valence-corrected chi connectivity index (χ3v) is 8.70. The second-order valence-corrected chi connectivity index (χ2v) is 11.5. The summed E-state index contributed by atoms with van der Waals surface area (Å²) in [5, 5.41) is 17.5. The van der Waals surface area contributed by atoms with Crippen LogP contribution in [0.25, 0.3) is 0 Å². The standard InChI is InChI=1S/C29H30F5N5O3/c1-37-17-35-36-25(37)10-27(15-42-16-27)19-3-2-4-21(9-19)39-13-23-22(26(39)41)7-18(8-24(23)29(32,33)34)11-38-6-5-28(30,31)20(12-38)14-40/h2-4,7-9,17,20,40H,5-6,10-16H2,1H3. The minimum absolute atomic E-state index is 0.0331. The van der Waals surface area contributed by atoms with Crippen LogP contribution in [0.2, 0.25) is 0 Å². The van der Waals surface area contributed by atoms with E-state index in [-0.39, 0.29) is 42.9 Å². The van der Waals surface area contributed by atoms with Crippen molar-refractivity contribution in [1.82, 2.24) is 19.7 Å². The molecule has 0 bridgehead atoms. The van der Waals surface area contributed by atoms with Gasteiger partial charge >= 0.3 is 6.18 Å². The number of nitrogens with zero attached hydrogens (tertiary/aromatic N) is 5. The van der Waals surface area contributed by atoms with Gasteiger partial charge in [-0.3, -0.25) is 9.69 Å². The normalized spacial score (nSPS) is 21.8. The zero-order valence-corrected chi connectivity index (χ0v) is 22.9. The summed E-state index contributed by atoms with van der Waals surface area (Å²) in [4.78, 5) is 16.6. The zero-order valence-electron chi connectivity index (χ0n) is 22.9. The molecule has 0 radical (unpaired) electrons. The number of rotatable bonds is 7. The number of aryl methyl sites for hydroxylation is 1. The Morgan fingerprint density at radius 1 is 1.17 bits per heavy atom. The minimum Gasteiger partial charge on any atom is -0.396 e. The van der Waals surface area contributed by atoms with Gasteiger partial charge in [-0.25, -0.2) is 8.78 Å². The Balaban J connectivity index is 1.29. The topological polar surface area (TPSA) is 83.7 Å². The molecule has 1 N–H and O–H groups in total. The van der Waals surface area contributed by atoms with Crippen LogP contribution in [0.5, 0.6) is 0 Å². The summed E-state index contributed by atoms with van der Waals surface area (Å²) < 4.78 is 78.3. The summed E-state index contributed by atoms with van der Waals surface area (Å²) >= 11 is 0. The fraction of sp³-hybridized carbons (Fsp3) is 0.483. The summed E-state index contributed by atoms with van der Waals surface area (Å²) in [6.07, 6.45) is -3.06. The van der Waals surface area contributed by atoms with E-state index in [4.69, 9.17) is 4.74 Å². The van der Waals surface area contributed by atoms with E-state index in [2.05, 4.69) is 10.2 Å². The molecule has 1 unspecified atom stereocenters. The monoisotopic (exact) mass is 591 g/mol. The molecule has 1 aromatic heterocycles. The molecule has 0 saturated carbocycles. The first kappa shape index (κ1) is 28.7. The number of anilines is 1. The summed E-state index contributed by atoms with van der Waals surface area (Å²) in [5.41, 5.74) is 0.0870. The third-order valence-electron chi connectivity index (χ3n) is 8.70. The predicted octanol–water partition coefficient (Wildman–Crippen LogP) is 3.95. The van der Waals surface area contributed by atoms with E-state index in [1.807, 2.05) is 23.7 Å². The van der Waals surface area contributed by atoms with Gasteiger partial charge in [0.25, 0.3) is 11.8 Å². The van der Waals surface area contributed by atoms with Gasteiger partial charge in [-0.15, -0.1) is 10.2 Å². The number of aliphatic hydroxyl groups excluding tert-OH is 1. The van der Waals surface area contributed by atoms with Crippen LogP contribution < -0.4 is 4.90 Å². The van der Waals surface area contributed by atoms with E-state index in [1.165, 1.54) is 11.0 Å². The number of halogens is 5. The van der Waals surface area contributed by atoms with Crippen molar-refractivity contribution >= 4 is 11.6 Å². The summed E-state index contributed by atoms with van der Waals surface area (Å²) in [6.45, 7) is -0.348. The first-order valence-corrected chi connectivity index (χ1v) is 13.7. The fourth-order valence-electron chi connectivity index (χ4n) is 6.15. The van der Waals surface area contributed by atoms with E-state index in [9.17, 15) is 31.9 Å². The maximum Gasteiger partial charge on any atom is 0.416 e.